The van der Waals surface area contributed by atoms with E-state index in [4.69, 9.17) is 12.2 Å². The second kappa shape index (κ2) is 6.97. The molecule has 1 aromatic carbocycles. The average Bonchev–Trinajstić information content (AvgIpc) is 2.89. The van der Waals surface area contributed by atoms with Gasteiger partial charge in [-0.3, -0.25) is 9.78 Å². The van der Waals surface area contributed by atoms with E-state index in [1.54, 1.807) is 11.0 Å². The number of rotatable bonds is 6. The second-order valence-corrected chi connectivity index (χ2v) is 7.75. The summed E-state index contributed by atoms with van der Waals surface area (Å²) in [6, 6.07) is 10.4. The van der Waals surface area contributed by atoms with E-state index in [0.717, 1.165) is 6.42 Å². The van der Waals surface area contributed by atoms with Crippen molar-refractivity contribution in [2.24, 2.45) is 5.41 Å². The van der Waals surface area contributed by atoms with Gasteiger partial charge in [-0.15, -0.1) is 0 Å². The molecule has 0 spiro atoms. The van der Waals surface area contributed by atoms with Gasteiger partial charge >= 0.3 is 0 Å². The predicted octanol–water partition coefficient (Wildman–Crippen LogP) is 4.30. The lowest BCUT2D eigenvalue weighted by molar-refractivity contribution is -0.0822. The number of H-pyrrole nitrogens is 1. The van der Waals surface area contributed by atoms with E-state index in [1.807, 2.05) is 6.07 Å². The molecule has 2 aromatic rings. The van der Waals surface area contributed by atoms with Crippen LogP contribution in [0.4, 0.5) is 0 Å². The summed E-state index contributed by atoms with van der Waals surface area (Å²) in [5.74, 6) is 0.403. The second-order valence-electron chi connectivity index (χ2n) is 7.39. The molecular weight excluding hydrogens is 306 g/mol. The lowest BCUT2D eigenvalue weighted by atomic mass is 9.72. The zero-order valence-corrected chi connectivity index (χ0v) is 15.2. The molecule has 126 valence electrons. The summed E-state index contributed by atoms with van der Waals surface area (Å²) in [5, 5.41) is 14.3. The summed E-state index contributed by atoms with van der Waals surface area (Å²) in [7, 11) is 0. The fraction of sp³-hybridized carbons (Fsp3) is 0.556. The molecule has 0 radical (unpaired) electrons. The van der Waals surface area contributed by atoms with Crippen molar-refractivity contribution in [1.29, 1.82) is 0 Å². The minimum Gasteiger partial charge on any atom is -0.387 e. The topological polar surface area (TPSA) is 53.8 Å². The Morgan fingerprint density at radius 3 is 2.43 bits per heavy atom. The van der Waals surface area contributed by atoms with Crippen LogP contribution in [0.15, 0.2) is 36.7 Å². The predicted molar refractivity (Wildman–Crippen MR) is 95.9 cm³/mol. The third kappa shape index (κ3) is 4.30. The summed E-state index contributed by atoms with van der Waals surface area (Å²) in [6.45, 7) is 8.84. The van der Waals surface area contributed by atoms with Gasteiger partial charge < -0.3 is 5.11 Å². The lowest BCUT2D eigenvalue weighted by Crippen LogP contribution is -2.47. The van der Waals surface area contributed by atoms with E-state index in [9.17, 15) is 5.11 Å². The molecule has 2 N–H and O–H groups in total. The van der Waals surface area contributed by atoms with Crippen LogP contribution in [0.1, 0.15) is 52.0 Å². The monoisotopic (exact) mass is 333 g/mol. The summed E-state index contributed by atoms with van der Waals surface area (Å²) in [5.41, 5.74) is 0.186. The first-order valence-corrected chi connectivity index (χ1v) is 8.51. The van der Waals surface area contributed by atoms with Crippen molar-refractivity contribution in [3.63, 3.8) is 0 Å². The molecule has 5 heteroatoms. The first kappa shape index (κ1) is 17.9. The summed E-state index contributed by atoms with van der Waals surface area (Å²) in [6.07, 6.45) is 3.19. The third-order valence-corrected chi connectivity index (χ3v) is 5.12. The van der Waals surface area contributed by atoms with Crippen LogP contribution in [0.5, 0.6) is 0 Å². The molecule has 4 nitrogen and oxygen atoms in total. The standard InChI is InChI=1S/C18H27N3OS/c1-14(15-8-6-5-7-9-15)10-11-18(22,17(2,3)4)12-21-16(23)19-13-20-21/h5-9,13-14,22H,10-12H2,1-4H3,(H,19,20,23). The molecule has 0 amide bonds. The molecule has 1 aromatic heterocycles. The fourth-order valence-electron chi connectivity index (χ4n) is 2.75. The number of benzene rings is 1. The number of aromatic nitrogens is 3. The summed E-state index contributed by atoms with van der Waals surface area (Å²) < 4.78 is 2.22. The Hall–Kier alpha value is -1.46. The molecule has 0 aliphatic rings. The molecule has 23 heavy (non-hydrogen) atoms. The Balaban J connectivity index is 2.13. The average molecular weight is 334 g/mol. The molecule has 2 unspecified atom stereocenters. The lowest BCUT2D eigenvalue weighted by Gasteiger charge is -2.41. The van der Waals surface area contributed by atoms with Crippen LogP contribution in [-0.2, 0) is 6.54 Å². The van der Waals surface area contributed by atoms with Gasteiger partial charge in [0.2, 0.25) is 4.77 Å². The van der Waals surface area contributed by atoms with E-state index in [0.29, 0.717) is 23.7 Å². The van der Waals surface area contributed by atoms with Crippen LogP contribution in [0.3, 0.4) is 0 Å². The number of aliphatic hydroxyl groups is 1. The highest BCUT2D eigenvalue weighted by atomic mass is 32.1. The quantitative estimate of drug-likeness (QED) is 0.775. The molecule has 0 aliphatic heterocycles. The van der Waals surface area contributed by atoms with Crippen molar-refractivity contribution in [2.45, 2.75) is 58.6 Å². The van der Waals surface area contributed by atoms with Crippen molar-refractivity contribution < 1.29 is 5.11 Å². The van der Waals surface area contributed by atoms with Crippen LogP contribution < -0.4 is 0 Å². The van der Waals surface area contributed by atoms with Crippen LogP contribution in [0.2, 0.25) is 0 Å². The van der Waals surface area contributed by atoms with E-state index >= 15 is 0 Å². The number of hydrogen-bond donors (Lipinski definition) is 2. The number of nitrogens with zero attached hydrogens (tertiary/aromatic N) is 2. The Kier molecular flexibility index (Phi) is 5.42. The van der Waals surface area contributed by atoms with Crippen molar-refractivity contribution in [3.8, 4) is 0 Å². The van der Waals surface area contributed by atoms with Crippen LogP contribution in [0.25, 0.3) is 0 Å². The van der Waals surface area contributed by atoms with Gasteiger partial charge in [-0.25, -0.2) is 4.98 Å². The molecule has 0 saturated carbocycles. The van der Waals surface area contributed by atoms with E-state index in [-0.39, 0.29) is 5.41 Å². The van der Waals surface area contributed by atoms with Crippen molar-refractivity contribution in [3.05, 3.63) is 47.0 Å². The van der Waals surface area contributed by atoms with Crippen LogP contribution >= 0.6 is 12.2 Å². The van der Waals surface area contributed by atoms with Gasteiger partial charge in [-0.1, -0.05) is 58.0 Å². The zero-order chi connectivity index (χ0) is 17.1. The van der Waals surface area contributed by atoms with Crippen LogP contribution in [0, 0.1) is 10.2 Å². The van der Waals surface area contributed by atoms with Gasteiger partial charge in [-0.05, 0) is 42.0 Å². The van der Waals surface area contributed by atoms with Gasteiger partial charge in [0, 0.05) is 0 Å². The zero-order valence-electron chi connectivity index (χ0n) is 14.4. The number of hydrogen-bond acceptors (Lipinski definition) is 3. The minimum atomic E-state index is -0.860. The molecular formula is C18H27N3OS. The maximum Gasteiger partial charge on any atom is 0.215 e. The maximum atomic E-state index is 11.3. The maximum absolute atomic E-state index is 11.3. The first-order valence-electron chi connectivity index (χ1n) is 8.10. The van der Waals surface area contributed by atoms with Gasteiger partial charge in [0.25, 0.3) is 0 Å². The highest BCUT2D eigenvalue weighted by molar-refractivity contribution is 7.71. The molecule has 0 saturated heterocycles. The molecule has 0 aliphatic carbocycles. The largest absolute Gasteiger partial charge is 0.387 e. The number of aromatic amines is 1. The molecule has 0 fully saturated rings. The number of nitrogens with one attached hydrogen (secondary N) is 1. The Morgan fingerprint density at radius 1 is 1.26 bits per heavy atom. The fourth-order valence-corrected chi connectivity index (χ4v) is 2.92. The molecule has 0 bridgehead atoms. The molecule has 2 rings (SSSR count). The van der Waals surface area contributed by atoms with Gasteiger partial charge in [-0.2, -0.15) is 0 Å². The summed E-state index contributed by atoms with van der Waals surface area (Å²) >= 11 is 5.20. The van der Waals surface area contributed by atoms with Gasteiger partial charge in [0.05, 0.1) is 12.1 Å². The van der Waals surface area contributed by atoms with E-state index in [1.165, 1.54) is 5.56 Å². The summed E-state index contributed by atoms with van der Waals surface area (Å²) in [4.78, 5) is 4.04. The van der Waals surface area contributed by atoms with Gasteiger partial charge in [0.15, 0.2) is 0 Å². The highest BCUT2D eigenvalue weighted by Crippen LogP contribution is 2.37. The Labute approximate surface area is 143 Å². The van der Waals surface area contributed by atoms with Crippen LogP contribution in [-0.4, -0.2) is 25.5 Å². The normalized spacial score (nSPS) is 16.0. The minimum absolute atomic E-state index is 0.261. The SMILES string of the molecule is CC(CCC(O)(Cn1[nH]cnc1=S)C(C)(C)C)c1ccccc1. The molecule has 2 atom stereocenters. The highest BCUT2D eigenvalue weighted by Gasteiger charge is 2.40. The van der Waals surface area contributed by atoms with Crippen molar-refractivity contribution in [1.82, 2.24) is 14.8 Å². The smallest absolute Gasteiger partial charge is 0.215 e. The van der Waals surface area contributed by atoms with Gasteiger partial charge in [0.1, 0.15) is 6.33 Å². The van der Waals surface area contributed by atoms with Crippen molar-refractivity contribution >= 4 is 12.2 Å². The first-order chi connectivity index (χ1) is 10.7. The third-order valence-electron chi connectivity index (χ3n) is 4.79. The van der Waals surface area contributed by atoms with E-state index in [2.05, 4.69) is 62.0 Å². The van der Waals surface area contributed by atoms with Crippen molar-refractivity contribution in [2.75, 3.05) is 0 Å². The van der Waals surface area contributed by atoms with E-state index < -0.39 is 5.60 Å². The molecule has 1 heterocycles. The Bertz CT molecular complexity index is 671. The Morgan fingerprint density at radius 2 is 1.91 bits per heavy atom.